The Labute approximate surface area is 157 Å². The van der Waals surface area contributed by atoms with E-state index in [4.69, 9.17) is 0 Å². The van der Waals surface area contributed by atoms with Crippen molar-refractivity contribution in [2.45, 2.75) is 39.7 Å². The highest BCUT2D eigenvalue weighted by molar-refractivity contribution is 5.79. The van der Waals surface area contributed by atoms with E-state index in [1.807, 2.05) is 12.1 Å². The summed E-state index contributed by atoms with van der Waals surface area (Å²) < 4.78 is 14.6. The molecule has 1 aliphatic rings. The van der Waals surface area contributed by atoms with Crippen molar-refractivity contribution in [2.24, 2.45) is 4.99 Å². The zero-order valence-corrected chi connectivity index (χ0v) is 16.5. The molecule has 26 heavy (non-hydrogen) atoms. The highest BCUT2D eigenvalue weighted by atomic mass is 19.1. The van der Waals surface area contributed by atoms with Gasteiger partial charge in [-0.15, -0.1) is 0 Å². The Morgan fingerprint density at radius 2 is 1.88 bits per heavy atom. The molecule has 0 radical (unpaired) electrons. The van der Waals surface area contributed by atoms with Gasteiger partial charge in [-0.1, -0.05) is 32.8 Å². The van der Waals surface area contributed by atoms with Crippen LogP contribution in [-0.2, 0) is 6.54 Å². The van der Waals surface area contributed by atoms with E-state index in [0.29, 0.717) is 12.2 Å². The summed E-state index contributed by atoms with van der Waals surface area (Å²) in [7, 11) is 1.76. The van der Waals surface area contributed by atoms with Crippen LogP contribution in [-0.4, -0.2) is 57.2 Å². The Balaban J connectivity index is 1.85. The van der Waals surface area contributed by atoms with Crippen molar-refractivity contribution in [2.75, 3.05) is 51.2 Å². The average Bonchev–Trinajstić information content (AvgIpc) is 2.68. The third-order valence-electron chi connectivity index (χ3n) is 4.93. The number of anilines is 1. The van der Waals surface area contributed by atoms with Crippen molar-refractivity contribution >= 4 is 11.6 Å². The summed E-state index contributed by atoms with van der Waals surface area (Å²) in [5, 5.41) is 6.55. The first kappa shape index (κ1) is 20.5. The lowest BCUT2D eigenvalue weighted by atomic mass is 10.1. The Kier molecular flexibility index (Phi) is 8.68. The van der Waals surface area contributed by atoms with Crippen LogP contribution in [0.4, 0.5) is 10.1 Å². The van der Waals surface area contributed by atoms with Crippen molar-refractivity contribution in [1.29, 1.82) is 0 Å². The van der Waals surface area contributed by atoms with Gasteiger partial charge in [0.1, 0.15) is 5.82 Å². The summed E-state index contributed by atoms with van der Waals surface area (Å²) in [6.07, 6.45) is 3.54. The number of hydrogen-bond acceptors (Lipinski definition) is 3. The zero-order chi connectivity index (χ0) is 18.8. The zero-order valence-electron chi connectivity index (χ0n) is 16.5. The summed E-state index contributed by atoms with van der Waals surface area (Å²) in [5.74, 6) is 0.626. The van der Waals surface area contributed by atoms with E-state index < -0.39 is 0 Å². The molecule has 1 aromatic carbocycles. The van der Waals surface area contributed by atoms with Gasteiger partial charge in [0.2, 0.25) is 0 Å². The molecule has 1 fully saturated rings. The predicted molar refractivity (Wildman–Crippen MR) is 108 cm³/mol. The molecular weight excluding hydrogens is 329 g/mol. The van der Waals surface area contributed by atoms with E-state index in [9.17, 15) is 4.39 Å². The average molecular weight is 364 g/mol. The number of halogens is 1. The minimum absolute atomic E-state index is 0.139. The highest BCUT2D eigenvalue weighted by Gasteiger charge is 2.18. The van der Waals surface area contributed by atoms with E-state index in [2.05, 4.69) is 39.3 Å². The molecule has 1 heterocycles. The molecule has 0 amide bonds. The van der Waals surface area contributed by atoms with Gasteiger partial charge in [0.15, 0.2) is 5.96 Å². The van der Waals surface area contributed by atoms with Gasteiger partial charge < -0.3 is 20.4 Å². The van der Waals surface area contributed by atoms with Crippen LogP contribution in [0.2, 0.25) is 0 Å². The second-order valence-electron chi connectivity index (χ2n) is 6.77. The fourth-order valence-corrected chi connectivity index (χ4v) is 3.21. The second kappa shape index (κ2) is 11.0. The lowest BCUT2D eigenvalue weighted by molar-refractivity contribution is 0.270. The molecule has 1 saturated heterocycles. The molecule has 6 heteroatoms. The largest absolute Gasteiger partial charge is 0.367 e. The molecule has 0 atom stereocenters. The normalized spacial score (nSPS) is 16.0. The summed E-state index contributed by atoms with van der Waals surface area (Å²) in [6.45, 7) is 10.7. The van der Waals surface area contributed by atoms with Crippen molar-refractivity contribution in [3.8, 4) is 0 Å². The van der Waals surface area contributed by atoms with Gasteiger partial charge >= 0.3 is 0 Å². The van der Waals surface area contributed by atoms with Crippen LogP contribution in [0.1, 0.15) is 38.7 Å². The predicted octanol–water partition coefficient (Wildman–Crippen LogP) is 2.82. The maximum absolute atomic E-state index is 14.6. The lowest BCUT2D eigenvalue weighted by Crippen LogP contribution is -2.46. The Bertz CT molecular complexity index is 567. The first-order valence-electron chi connectivity index (χ1n) is 9.88. The van der Waals surface area contributed by atoms with Crippen LogP contribution >= 0.6 is 0 Å². The van der Waals surface area contributed by atoms with E-state index in [0.717, 1.165) is 57.2 Å². The molecule has 2 N–H and O–H groups in total. The quantitative estimate of drug-likeness (QED) is 0.423. The maximum Gasteiger partial charge on any atom is 0.191 e. The number of likely N-dealkylation sites (N-methyl/N-ethyl adjacent to an activating group) is 1. The van der Waals surface area contributed by atoms with Crippen LogP contribution in [0, 0.1) is 5.82 Å². The van der Waals surface area contributed by atoms with Crippen molar-refractivity contribution < 1.29 is 4.39 Å². The first-order chi connectivity index (χ1) is 12.7. The Morgan fingerprint density at radius 3 is 2.50 bits per heavy atom. The Hall–Kier alpha value is -1.82. The molecule has 5 nitrogen and oxygen atoms in total. The van der Waals surface area contributed by atoms with Crippen molar-refractivity contribution in [3.05, 3.63) is 29.6 Å². The fourth-order valence-electron chi connectivity index (χ4n) is 3.21. The molecule has 0 aliphatic carbocycles. The molecule has 0 unspecified atom stereocenters. The van der Waals surface area contributed by atoms with E-state index in [1.54, 1.807) is 13.1 Å². The number of unbranched alkanes of at least 4 members (excludes halogenated alkanes) is 2. The van der Waals surface area contributed by atoms with Crippen LogP contribution in [0.15, 0.2) is 23.2 Å². The van der Waals surface area contributed by atoms with Crippen molar-refractivity contribution in [1.82, 2.24) is 15.5 Å². The summed E-state index contributed by atoms with van der Waals surface area (Å²) >= 11 is 0. The SMILES string of the molecule is CCCCCNC(=NC)NCc1ccc(N2CCN(CC)CC2)c(F)c1. The number of nitrogens with zero attached hydrogens (tertiary/aromatic N) is 3. The molecule has 0 aromatic heterocycles. The number of rotatable bonds is 8. The third-order valence-corrected chi connectivity index (χ3v) is 4.93. The van der Waals surface area contributed by atoms with Gasteiger partial charge in [-0.3, -0.25) is 4.99 Å². The minimum atomic E-state index is -0.139. The minimum Gasteiger partial charge on any atom is -0.367 e. The summed E-state index contributed by atoms with van der Waals surface area (Å²) in [4.78, 5) is 8.76. The maximum atomic E-state index is 14.6. The van der Waals surface area contributed by atoms with Crippen LogP contribution in [0.5, 0.6) is 0 Å². The highest BCUT2D eigenvalue weighted by Crippen LogP contribution is 2.22. The van der Waals surface area contributed by atoms with Gasteiger partial charge in [0, 0.05) is 46.3 Å². The topological polar surface area (TPSA) is 42.9 Å². The lowest BCUT2D eigenvalue weighted by Gasteiger charge is -2.35. The van der Waals surface area contributed by atoms with Gasteiger partial charge in [-0.05, 0) is 30.7 Å². The monoisotopic (exact) mass is 363 g/mol. The molecule has 1 aromatic rings. The fraction of sp³-hybridized carbons (Fsp3) is 0.650. The molecule has 2 rings (SSSR count). The number of aliphatic imine (C=N–C) groups is 1. The number of nitrogens with one attached hydrogen (secondary N) is 2. The van der Waals surface area contributed by atoms with Gasteiger partial charge in [-0.2, -0.15) is 0 Å². The van der Waals surface area contributed by atoms with Crippen LogP contribution < -0.4 is 15.5 Å². The number of guanidine groups is 1. The van der Waals surface area contributed by atoms with E-state index in [1.165, 1.54) is 12.8 Å². The first-order valence-corrected chi connectivity index (χ1v) is 9.88. The van der Waals surface area contributed by atoms with Crippen LogP contribution in [0.25, 0.3) is 0 Å². The van der Waals surface area contributed by atoms with E-state index in [-0.39, 0.29) is 5.82 Å². The molecule has 146 valence electrons. The molecule has 0 bridgehead atoms. The number of benzene rings is 1. The summed E-state index contributed by atoms with van der Waals surface area (Å²) in [5.41, 5.74) is 1.64. The molecule has 0 saturated carbocycles. The van der Waals surface area contributed by atoms with Gasteiger partial charge in [0.05, 0.1) is 5.69 Å². The Morgan fingerprint density at radius 1 is 1.12 bits per heavy atom. The second-order valence-corrected chi connectivity index (χ2v) is 6.77. The van der Waals surface area contributed by atoms with Gasteiger partial charge in [0.25, 0.3) is 0 Å². The van der Waals surface area contributed by atoms with Gasteiger partial charge in [-0.25, -0.2) is 4.39 Å². The van der Waals surface area contributed by atoms with Crippen LogP contribution in [0.3, 0.4) is 0 Å². The summed E-state index contributed by atoms with van der Waals surface area (Å²) in [6, 6.07) is 5.55. The number of hydrogen-bond donors (Lipinski definition) is 2. The molecular formula is C20H34FN5. The standard InChI is InChI=1S/C20H34FN5/c1-4-6-7-10-23-20(22-3)24-16-17-8-9-19(18(21)15-17)26-13-11-25(5-2)12-14-26/h8-9,15H,4-7,10-14,16H2,1-3H3,(H2,22,23,24). The third kappa shape index (κ3) is 6.16. The molecule has 1 aliphatic heterocycles. The molecule has 0 spiro atoms. The number of piperazine rings is 1. The van der Waals surface area contributed by atoms with E-state index >= 15 is 0 Å². The van der Waals surface area contributed by atoms with Crippen molar-refractivity contribution in [3.63, 3.8) is 0 Å². The smallest absolute Gasteiger partial charge is 0.191 e.